The highest BCUT2D eigenvalue weighted by atomic mass is 16.5. The molecule has 2 rings (SSSR count). The Morgan fingerprint density at radius 1 is 1.23 bits per heavy atom. The SMILES string of the molecule is CCCCCCCCCC1(CC(=O)N[C@H]2CCOC2=O)NN1. The number of carbonyl (C=O) groups is 2. The molecule has 2 saturated heterocycles. The summed E-state index contributed by atoms with van der Waals surface area (Å²) in [7, 11) is 0. The number of hydrogen-bond donors (Lipinski definition) is 3. The zero-order valence-corrected chi connectivity index (χ0v) is 13.6. The van der Waals surface area contributed by atoms with Crippen LogP contribution in [0.3, 0.4) is 0 Å². The van der Waals surface area contributed by atoms with E-state index in [-0.39, 0.29) is 17.5 Å². The molecule has 2 fully saturated rings. The molecule has 0 aromatic carbocycles. The Balaban J connectivity index is 1.56. The third-order valence-electron chi connectivity index (χ3n) is 4.42. The molecule has 3 N–H and O–H groups in total. The van der Waals surface area contributed by atoms with Gasteiger partial charge in [0.15, 0.2) is 0 Å². The predicted octanol–water partition coefficient (Wildman–Crippen LogP) is 1.75. The Labute approximate surface area is 132 Å². The number of ether oxygens (including phenoxy) is 1. The highest BCUT2D eigenvalue weighted by Gasteiger charge is 2.43. The minimum absolute atomic E-state index is 0.0932. The van der Waals surface area contributed by atoms with E-state index in [0.29, 0.717) is 19.4 Å². The lowest BCUT2D eigenvalue weighted by Gasteiger charge is -2.13. The summed E-state index contributed by atoms with van der Waals surface area (Å²) in [5.74, 6) is -0.407. The third kappa shape index (κ3) is 5.57. The van der Waals surface area contributed by atoms with Crippen molar-refractivity contribution in [1.29, 1.82) is 0 Å². The zero-order valence-electron chi connectivity index (χ0n) is 13.6. The molecule has 6 nitrogen and oxygen atoms in total. The fraction of sp³-hybridized carbons (Fsp3) is 0.875. The van der Waals surface area contributed by atoms with Crippen molar-refractivity contribution >= 4 is 11.9 Å². The van der Waals surface area contributed by atoms with Crippen molar-refractivity contribution in [2.24, 2.45) is 0 Å². The summed E-state index contributed by atoms with van der Waals surface area (Å²) in [6.07, 6.45) is 10.8. The number of esters is 1. The van der Waals surface area contributed by atoms with Crippen molar-refractivity contribution in [1.82, 2.24) is 16.2 Å². The quantitative estimate of drug-likeness (QED) is 0.307. The summed E-state index contributed by atoms with van der Waals surface area (Å²) in [5.41, 5.74) is 5.94. The highest BCUT2D eigenvalue weighted by Crippen LogP contribution is 2.24. The van der Waals surface area contributed by atoms with Crippen LogP contribution in [0, 0.1) is 0 Å². The van der Waals surface area contributed by atoms with Gasteiger partial charge in [-0.1, -0.05) is 51.9 Å². The maximum absolute atomic E-state index is 12.0. The van der Waals surface area contributed by atoms with Crippen LogP contribution in [0.5, 0.6) is 0 Å². The molecule has 1 atom stereocenters. The molecule has 2 heterocycles. The molecule has 2 aliphatic heterocycles. The summed E-state index contributed by atoms with van der Waals surface area (Å²) in [4.78, 5) is 23.4. The van der Waals surface area contributed by atoms with Gasteiger partial charge in [-0.3, -0.25) is 4.79 Å². The lowest BCUT2D eigenvalue weighted by atomic mass is 10.0. The number of unbranched alkanes of at least 4 members (excludes halogenated alkanes) is 6. The van der Waals surface area contributed by atoms with Crippen molar-refractivity contribution in [3.63, 3.8) is 0 Å². The van der Waals surface area contributed by atoms with Crippen LogP contribution in [0.4, 0.5) is 0 Å². The molecule has 0 bridgehead atoms. The second-order valence-corrected chi connectivity index (χ2v) is 6.46. The predicted molar refractivity (Wildman–Crippen MR) is 83.7 cm³/mol. The lowest BCUT2D eigenvalue weighted by molar-refractivity contribution is -0.141. The van der Waals surface area contributed by atoms with E-state index in [9.17, 15) is 9.59 Å². The molecule has 0 radical (unpaired) electrons. The van der Waals surface area contributed by atoms with Gasteiger partial charge in [-0.05, 0) is 6.42 Å². The highest BCUT2D eigenvalue weighted by molar-refractivity contribution is 5.86. The summed E-state index contributed by atoms with van der Waals surface area (Å²) < 4.78 is 4.85. The van der Waals surface area contributed by atoms with Crippen LogP contribution in [0.25, 0.3) is 0 Å². The maximum Gasteiger partial charge on any atom is 0.328 e. The number of nitrogens with one attached hydrogen (secondary N) is 3. The van der Waals surface area contributed by atoms with Crippen LogP contribution in [0.1, 0.15) is 71.1 Å². The molecule has 0 unspecified atom stereocenters. The molecule has 1 amide bonds. The lowest BCUT2D eigenvalue weighted by Crippen LogP contribution is -2.40. The molecule has 6 heteroatoms. The number of amides is 1. The second kappa shape index (κ2) is 8.48. The number of cyclic esters (lactones) is 1. The van der Waals surface area contributed by atoms with E-state index in [0.717, 1.165) is 12.8 Å². The van der Waals surface area contributed by atoms with Crippen LogP contribution in [-0.4, -0.2) is 30.2 Å². The van der Waals surface area contributed by atoms with Gasteiger partial charge in [0.25, 0.3) is 0 Å². The minimum Gasteiger partial charge on any atom is -0.464 e. The molecule has 2 aliphatic rings. The molecule has 0 spiro atoms. The summed E-state index contributed by atoms with van der Waals surface area (Å²) in [6, 6.07) is -0.457. The van der Waals surface area contributed by atoms with Gasteiger partial charge in [-0.15, -0.1) is 0 Å². The van der Waals surface area contributed by atoms with E-state index in [1.807, 2.05) is 0 Å². The first kappa shape index (κ1) is 17.2. The molecule has 0 saturated carbocycles. The van der Waals surface area contributed by atoms with Gasteiger partial charge in [0, 0.05) is 6.42 Å². The van der Waals surface area contributed by atoms with Gasteiger partial charge in [0.1, 0.15) is 11.7 Å². The Morgan fingerprint density at radius 3 is 2.50 bits per heavy atom. The standard InChI is InChI=1S/C16H29N3O3/c1-2-3-4-5-6-7-8-10-16(18-19-16)12-14(20)17-13-9-11-22-15(13)21/h13,18-19H,2-12H2,1H3,(H,17,20)/t13-/m0/s1. The van der Waals surface area contributed by atoms with E-state index in [1.165, 1.54) is 38.5 Å². The fourth-order valence-corrected chi connectivity index (χ4v) is 2.92. The Hall–Kier alpha value is -1.14. The van der Waals surface area contributed by atoms with Gasteiger partial charge in [0.2, 0.25) is 5.91 Å². The summed E-state index contributed by atoms with van der Waals surface area (Å²) >= 11 is 0. The first-order chi connectivity index (χ1) is 10.7. The van der Waals surface area contributed by atoms with Gasteiger partial charge < -0.3 is 10.1 Å². The normalized spacial score (nSPS) is 22.4. The number of hydrogen-bond acceptors (Lipinski definition) is 5. The van der Waals surface area contributed by atoms with E-state index in [1.54, 1.807) is 0 Å². The van der Waals surface area contributed by atoms with E-state index < -0.39 is 6.04 Å². The van der Waals surface area contributed by atoms with Crippen LogP contribution in [-0.2, 0) is 14.3 Å². The monoisotopic (exact) mass is 311 g/mol. The molecule has 126 valence electrons. The van der Waals surface area contributed by atoms with Gasteiger partial charge in [0.05, 0.1) is 13.0 Å². The minimum atomic E-state index is -0.457. The smallest absolute Gasteiger partial charge is 0.328 e. The Morgan fingerprint density at radius 2 is 1.91 bits per heavy atom. The van der Waals surface area contributed by atoms with Crippen LogP contribution in [0.15, 0.2) is 0 Å². The zero-order chi connectivity index (χ0) is 15.8. The van der Waals surface area contributed by atoms with Gasteiger partial charge in [-0.2, -0.15) is 0 Å². The molecule has 0 aromatic rings. The first-order valence-electron chi connectivity index (χ1n) is 8.65. The van der Waals surface area contributed by atoms with Crippen LogP contribution >= 0.6 is 0 Å². The van der Waals surface area contributed by atoms with Crippen molar-refractivity contribution in [2.45, 2.75) is 82.8 Å². The molecule has 22 heavy (non-hydrogen) atoms. The number of rotatable bonds is 11. The third-order valence-corrected chi connectivity index (χ3v) is 4.42. The first-order valence-corrected chi connectivity index (χ1v) is 8.65. The average molecular weight is 311 g/mol. The van der Waals surface area contributed by atoms with Crippen molar-refractivity contribution in [3.8, 4) is 0 Å². The Kier molecular flexibility index (Phi) is 6.64. The maximum atomic E-state index is 12.0. The van der Waals surface area contributed by atoms with E-state index >= 15 is 0 Å². The topological polar surface area (TPSA) is 99.3 Å². The van der Waals surface area contributed by atoms with Crippen molar-refractivity contribution < 1.29 is 14.3 Å². The van der Waals surface area contributed by atoms with Crippen molar-refractivity contribution in [3.05, 3.63) is 0 Å². The van der Waals surface area contributed by atoms with Crippen LogP contribution < -0.4 is 16.2 Å². The van der Waals surface area contributed by atoms with E-state index in [2.05, 4.69) is 23.1 Å². The second-order valence-electron chi connectivity index (χ2n) is 6.46. The summed E-state index contributed by atoms with van der Waals surface area (Å²) in [6.45, 7) is 2.63. The molecular formula is C16H29N3O3. The number of hydrazine groups is 1. The Bertz CT molecular complexity index is 383. The van der Waals surface area contributed by atoms with E-state index in [4.69, 9.17) is 4.74 Å². The largest absolute Gasteiger partial charge is 0.464 e. The van der Waals surface area contributed by atoms with Crippen molar-refractivity contribution in [2.75, 3.05) is 6.61 Å². The molecular weight excluding hydrogens is 282 g/mol. The summed E-state index contributed by atoms with van der Waals surface area (Å²) in [5, 5.41) is 2.76. The van der Waals surface area contributed by atoms with Gasteiger partial charge in [-0.25, -0.2) is 15.6 Å². The molecule has 0 aliphatic carbocycles. The fourth-order valence-electron chi connectivity index (χ4n) is 2.92. The average Bonchev–Trinajstić information content (AvgIpc) is 3.13. The molecule has 0 aromatic heterocycles. The van der Waals surface area contributed by atoms with Crippen LogP contribution in [0.2, 0.25) is 0 Å². The number of carbonyl (C=O) groups excluding carboxylic acids is 2. The van der Waals surface area contributed by atoms with Gasteiger partial charge >= 0.3 is 5.97 Å².